The maximum atomic E-state index is 11.9. The van der Waals surface area contributed by atoms with E-state index in [1.165, 1.54) is 11.1 Å². The van der Waals surface area contributed by atoms with E-state index in [4.69, 9.17) is 4.74 Å². The molecule has 0 spiro atoms. The van der Waals surface area contributed by atoms with Gasteiger partial charge in [0.15, 0.2) is 0 Å². The van der Waals surface area contributed by atoms with E-state index in [1.807, 2.05) is 0 Å². The quantitative estimate of drug-likeness (QED) is 0.875. The number of aryl methyl sites for hydroxylation is 1. The molecule has 0 aromatic heterocycles. The lowest BCUT2D eigenvalue weighted by Crippen LogP contribution is -2.41. The minimum atomic E-state index is 0.137. The van der Waals surface area contributed by atoms with Crippen molar-refractivity contribution < 1.29 is 9.53 Å². The van der Waals surface area contributed by atoms with E-state index in [2.05, 4.69) is 55.3 Å². The average Bonchev–Trinajstić information content (AvgIpc) is 2.53. The maximum Gasteiger partial charge on any atom is 0.220 e. The van der Waals surface area contributed by atoms with Crippen molar-refractivity contribution >= 4 is 5.91 Å². The topological polar surface area (TPSA) is 41.6 Å². The van der Waals surface area contributed by atoms with Crippen LogP contribution in [0.2, 0.25) is 0 Å². The lowest BCUT2D eigenvalue weighted by Gasteiger charge is -2.26. The fourth-order valence-corrected chi connectivity index (χ4v) is 2.70. The van der Waals surface area contributed by atoms with E-state index in [0.29, 0.717) is 6.42 Å². The Morgan fingerprint density at radius 1 is 1.17 bits per heavy atom. The summed E-state index contributed by atoms with van der Waals surface area (Å²) in [4.78, 5) is 14.3. The van der Waals surface area contributed by atoms with Crippen LogP contribution in [0.15, 0.2) is 24.3 Å². The molecule has 1 heterocycles. The number of carbonyl (C=O) groups excluding carboxylic acids is 1. The van der Waals surface area contributed by atoms with Gasteiger partial charge in [0.2, 0.25) is 5.91 Å². The van der Waals surface area contributed by atoms with Crippen LogP contribution in [0.4, 0.5) is 0 Å². The molecule has 0 aliphatic carbocycles. The van der Waals surface area contributed by atoms with Gasteiger partial charge in [-0.05, 0) is 23.0 Å². The van der Waals surface area contributed by atoms with Crippen molar-refractivity contribution in [3.63, 3.8) is 0 Å². The average molecular weight is 318 g/mol. The number of benzene rings is 1. The smallest absolute Gasteiger partial charge is 0.220 e. The predicted octanol–water partition coefficient (Wildman–Crippen LogP) is 2.37. The summed E-state index contributed by atoms with van der Waals surface area (Å²) in [6, 6.07) is 8.63. The van der Waals surface area contributed by atoms with Crippen LogP contribution in [-0.2, 0) is 21.4 Å². The van der Waals surface area contributed by atoms with Crippen LogP contribution in [0.1, 0.15) is 38.3 Å². The first-order valence-corrected chi connectivity index (χ1v) is 8.61. The standard InChI is InChI=1S/C19H30N2O2/c1-19(2,3)17-7-4-16(5-8-17)6-9-18(22)20-10-11-21-12-14-23-15-13-21/h4-5,7-8H,6,9-15H2,1-3H3,(H,20,22). The van der Waals surface area contributed by atoms with Gasteiger partial charge in [-0.3, -0.25) is 9.69 Å². The van der Waals surface area contributed by atoms with Crippen molar-refractivity contribution in [3.05, 3.63) is 35.4 Å². The Morgan fingerprint density at radius 3 is 2.43 bits per heavy atom. The van der Waals surface area contributed by atoms with Gasteiger partial charge in [0, 0.05) is 32.6 Å². The molecule has 0 unspecified atom stereocenters. The number of morpholine rings is 1. The zero-order chi connectivity index (χ0) is 16.7. The number of ether oxygens (including phenoxy) is 1. The highest BCUT2D eigenvalue weighted by atomic mass is 16.5. The van der Waals surface area contributed by atoms with Crippen LogP contribution in [-0.4, -0.2) is 50.2 Å². The van der Waals surface area contributed by atoms with Gasteiger partial charge >= 0.3 is 0 Å². The lowest BCUT2D eigenvalue weighted by molar-refractivity contribution is -0.121. The number of nitrogens with zero attached hydrogens (tertiary/aromatic N) is 1. The third-order valence-corrected chi connectivity index (χ3v) is 4.31. The molecule has 1 aliphatic rings. The summed E-state index contributed by atoms with van der Waals surface area (Å²) in [6.45, 7) is 11.8. The normalized spacial score (nSPS) is 16.3. The zero-order valence-electron chi connectivity index (χ0n) is 14.7. The first-order chi connectivity index (χ1) is 10.9. The van der Waals surface area contributed by atoms with Crippen molar-refractivity contribution in [2.45, 2.75) is 39.0 Å². The van der Waals surface area contributed by atoms with Crippen LogP contribution in [0, 0.1) is 0 Å². The van der Waals surface area contributed by atoms with Crippen molar-refractivity contribution in [1.29, 1.82) is 0 Å². The first kappa shape index (κ1) is 18.0. The summed E-state index contributed by atoms with van der Waals surface area (Å²) in [5.74, 6) is 0.137. The molecular weight excluding hydrogens is 288 g/mol. The molecule has 1 fully saturated rings. The Balaban J connectivity index is 1.65. The molecule has 1 aromatic carbocycles. The zero-order valence-corrected chi connectivity index (χ0v) is 14.7. The van der Waals surface area contributed by atoms with Gasteiger partial charge in [0.05, 0.1) is 13.2 Å². The van der Waals surface area contributed by atoms with E-state index in [0.717, 1.165) is 45.8 Å². The molecule has 4 nitrogen and oxygen atoms in total. The van der Waals surface area contributed by atoms with Gasteiger partial charge in [0.1, 0.15) is 0 Å². The summed E-state index contributed by atoms with van der Waals surface area (Å²) in [6.07, 6.45) is 1.35. The SMILES string of the molecule is CC(C)(C)c1ccc(CCC(=O)NCCN2CCOCC2)cc1. The minimum absolute atomic E-state index is 0.137. The van der Waals surface area contributed by atoms with Gasteiger partial charge in [-0.15, -0.1) is 0 Å². The summed E-state index contributed by atoms with van der Waals surface area (Å²) in [7, 11) is 0. The molecular formula is C19H30N2O2. The van der Waals surface area contributed by atoms with E-state index in [1.54, 1.807) is 0 Å². The van der Waals surface area contributed by atoms with Gasteiger partial charge < -0.3 is 10.1 Å². The highest BCUT2D eigenvalue weighted by Crippen LogP contribution is 2.22. The van der Waals surface area contributed by atoms with Crippen LogP contribution in [0.5, 0.6) is 0 Å². The van der Waals surface area contributed by atoms with Gasteiger partial charge in [-0.1, -0.05) is 45.0 Å². The second-order valence-corrected chi connectivity index (χ2v) is 7.25. The molecule has 1 saturated heterocycles. The fraction of sp³-hybridized carbons (Fsp3) is 0.632. The molecule has 4 heteroatoms. The monoisotopic (exact) mass is 318 g/mol. The molecule has 2 rings (SSSR count). The van der Waals surface area contributed by atoms with E-state index < -0.39 is 0 Å². The van der Waals surface area contributed by atoms with Crippen molar-refractivity contribution in [2.75, 3.05) is 39.4 Å². The third kappa shape index (κ3) is 6.32. The molecule has 0 atom stereocenters. The summed E-state index contributed by atoms with van der Waals surface area (Å²) in [5.41, 5.74) is 2.73. The number of hydrogen-bond acceptors (Lipinski definition) is 3. The van der Waals surface area contributed by atoms with Crippen molar-refractivity contribution in [2.24, 2.45) is 0 Å². The Bertz CT molecular complexity index is 485. The molecule has 23 heavy (non-hydrogen) atoms. The molecule has 1 N–H and O–H groups in total. The van der Waals surface area contributed by atoms with Gasteiger partial charge in [-0.25, -0.2) is 0 Å². The van der Waals surface area contributed by atoms with Gasteiger partial charge in [0.25, 0.3) is 0 Å². The number of hydrogen-bond donors (Lipinski definition) is 1. The molecule has 1 aliphatic heterocycles. The Morgan fingerprint density at radius 2 is 1.83 bits per heavy atom. The number of rotatable bonds is 6. The molecule has 128 valence electrons. The van der Waals surface area contributed by atoms with E-state index in [9.17, 15) is 4.79 Å². The molecule has 1 amide bonds. The second-order valence-electron chi connectivity index (χ2n) is 7.25. The summed E-state index contributed by atoms with van der Waals surface area (Å²) in [5, 5.41) is 3.01. The number of nitrogens with one attached hydrogen (secondary N) is 1. The van der Waals surface area contributed by atoms with Crippen molar-refractivity contribution in [3.8, 4) is 0 Å². The van der Waals surface area contributed by atoms with Crippen molar-refractivity contribution in [1.82, 2.24) is 10.2 Å². The summed E-state index contributed by atoms with van der Waals surface area (Å²) >= 11 is 0. The molecule has 0 saturated carbocycles. The van der Waals surface area contributed by atoms with Crippen LogP contribution in [0.25, 0.3) is 0 Å². The van der Waals surface area contributed by atoms with E-state index >= 15 is 0 Å². The summed E-state index contributed by atoms with van der Waals surface area (Å²) < 4.78 is 5.31. The highest BCUT2D eigenvalue weighted by molar-refractivity contribution is 5.76. The second kappa shape index (κ2) is 8.46. The van der Waals surface area contributed by atoms with E-state index in [-0.39, 0.29) is 11.3 Å². The Hall–Kier alpha value is -1.39. The first-order valence-electron chi connectivity index (χ1n) is 8.61. The minimum Gasteiger partial charge on any atom is -0.379 e. The molecule has 0 radical (unpaired) electrons. The van der Waals surface area contributed by atoms with Crippen LogP contribution < -0.4 is 5.32 Å². The number of carbonyl (C=O) groups is 1. The fourth-order valence-electron chi connectivity index (χ4n) is 2.70. The number of amides is 1. The molecule has 0 bridgehead atoms. The maximum absolute atomic E-state index is 11.9. The Kier molecular flexibility index (Phi) is 6.60. The highest BCUT2D eigenvalue weighted by Gasteiger charge is 2.13. The van der Waals surface area contributed by atoms with Gasteiger partial charge in [-0.2, -0.15) is 0 Å². The Labute approximate surface area is 140 Å². The lowest BCUT2D eigenvalue weighted by atomic mass is 9.86. The van der Waals surface area contributed by atoms with Crippen LogP contribution >= 0.6 is 0 Å². The molecule has 1 aromatic rings. The predicted molar refractivity (Wildman–Crippen MR) is 93.7 cm³/mol. The third-order valence-electron chi connectivity index (χ3n) is 4.31. The van der Waals surface area contributed by atoms with Crippen LogP contribution in [0.3, 0.4) is 0 Å². The largest absolute Gasteiger partial charge is 0.379 e.